The number of benzene rings is 1. The van der Waals surface area contributed by atoms with Gasteiger partial charge in [0.2, 0.25) is 0 Å². The van der Waals surface area contributed by atoms with E-state index < -0.39 is 6.61 Å². The van der Waals surface area contributed by atoms with Gasteiger partial charge in [0.25, 0.3) is 0 Å². The lowest BCUT2D eigenvalue weighted by atomic mass is 10.0. The van der Waals surface area contributed by atoms with E-state index in [2.05, 4.69) is 32.3 Å². The third-order valence-electron chi connectivity index (χ3n) is 5.59. The first kappa shape index (κ1) is 22.8. The second kappa shape index (κ2) is 10.5. The molecule has 1 fully saturated rings. The molecule has 2 heterocycles. The van der Waals surface area contributed by atoms with Crippen LogP contribution in [0.15, 0.2) is 29.3 Å². The van der Waals surface area contributed by atoms with Gasteiger partial charge in [-0.25, -0.2) is 4.99 Å². The molecular weight excluding hydrogens is 402 g/mol. The number of halogens is 2. The van der Waals surface area contributed by atoms with Crippen LogP contribution in [0.25, 0.3) is 0 Å². The van der Waals surface area contributed by atoms with Crippen LogP contribution in [0.2, 0.25) is 0 Å². The van der Waals surface area contributed by atoms with Crippen LogP contribution < -0.4 is 20.3 Å². The minimum Gasteiger partial charge on any atom is -0.435 e. The minimum atomic E-state index is -2.81. The number of aryl methyl sites for hydroxylation is 2. The Kier molecular flexibility index (Phi) is 7.70. The molecule has 1 aliphatic heterocycles. The first-order chi connectivity index (χ1) is 14.9. The van der Waals surface area contributed by atoms with E-state index in [4.69, 9.17) is 4.99 Å². The zero-order chi connectivity index (χ0) is 22.4. The Labute approximate surface area is 182 Å². The molecule has 0 spiro atoms. The molecule has 31 heavy (non-hydrogen) atoms. The lowest BCUT2D eigenvalue weighted by Crippen LogP contribution is -2.51. The van der Waals surface area contributed by atoms with E-state index in [0.717, 1.165) is 61.1 Å². The summed E-state index contributed by atoms with van der Waals surface area (Å²) in [6.07, 6.45) is 2.08. The second-order valence-electron chi connectivity index (χ2n) is 7.77. The van der Waals surface area contributed by atoms with E-state index in [-0.39, 0.29) is 11.8 Å². The van der Waals surface area contributed by atoms with E-state index in [9.17, 15) is 8.78 Å². The van der Waals surface area contributed by atoms with Crippen molar-refractivity contribution in [3.63, 3.8) is 0 Å². The van der Waals surface area contributed by atoms with E-state index in [0.29, 0.717) is 6.54 Å². The van der Waals surface area contributed by atoms with Gasteiger partial charge in [0, 0.05) is 49.7 Å². The van der Waals surface area contributed by atoms with Gasteiger partial charge in [-0.3, -0.25) is 4.68 Å². The molecule has 1 aromatic heterocycles. The summed E-state index contributed by atoms with van der Waals surface area (Å²) in [5.41, 5.74) is 4.27. The van der Waals surface area contributed by atoms with Gasteiger partial charge in [0.05, 0.1) is 12.2 Å². The van der Waals surface area contributed by atoms with Crippen LogP contribution >= 0.6 is 0 Å². The zero-order valence-corrected chi connectivity index (χ0v) is 18.7. The monoisotopic (exact) mass is 434 g/mol. The third-order valence-corrected chi connectivity index (χ3v) is 5.59. The molecule has 0 bridgehead atoms. The van der Waals surface area contributed by atoms with Gasteiger partial charge < -0.3 is 20.3 Å². The normalized spacial score (nSPS) is 17.2. The fourth-order valence-electron chi connectivity index (χ4n) is 3.89. The average Bonchev–Trinajstić information content (AvgIpc) is 2.98. The molecule has 2 aromatic rings. The van der Waals surface area contributed by atoms with Gasteiger partial charge in [0.1, 0.15) is 5.75 Å². The van der Waals surface area contributed by atoms with Crippen LogP contribution in [0, 0.1) is 13.8 Å². The number of ether oxygens (including phenoxy) is 1. The van der Waals surface area contributed by atoms with Crippen molar-refractivity contribution < 1.29 is 13.5 Å². The summed E-state index contributed by atoms with van der Waals surface area (Å²) in [5.74, 6) is 0.964. The maximum atomic E-state index is 12.4. The standard InChI is InChI=1S/C22H32F2N6O/c1-5-25-22(26-13-20-15(2)28-29(4)16(20)3)27-17-7-6-12-30(14-17)18-8-10-19(11-9-18)31-21(23)24/h8-11,17,21H,5-7,12-14H2,1-4H3,(H2,25,26,27). The van der Waals surface area contributed by atoms with Crippen LogP contribution in [0.5, 0.6) is 5.75 Å². The molecule has 1 aromatic carbocycles. The summed E-state index contributed by atoms with van der Waals surface area (Å²) < 4.78 is 31.1. The predicted octanol–water partition coefficient (Wildman–Crippen LogP) is 3.36. The maximum Gasteiger partial charge on any atom is 0.387 e. The van der Waals surface area contributed by atoms with Crippen molar-refractivity contribution in [1.29, 1.82) is 0 Å². The number of guanidine groups is 1. The smallest absolute Gasteiger partial charge is 0.387 e. The Bertz CT molecular complexity index is 881. The fraction of sp³-hybridized carbons (Fsp3) is 0.545. The van der Waals surface area contributed by atoms with Crippen LogP contribution in [0.4, 0.5) is 14.5 Å². The summed E-state index contributed by atoms with van der Waals surface area (Å²) in [7, 11) is 1.95. The minimum absolute atomic E-state index is 0.174. The van der Waals surface area contributed by atoms with Gasteiger partial charge in [-0.05, 0) is 57.9 Å². The summed E-state index contributed by atoms with van der Waals surface area (Å²) in [4.78, 5) is 7.04. The van der Waals surface area contributed by atoms with Gasteiger partial charge in [-0.15, -0.1) is 0 Å². The molecule has 3 rings (SSSR count). The van der Waals surface area contributed by atoms with Crippen molar-refractivity contribution in [2.45, 2.75) is 52.8 Å². The van der Waals surface area contributed by atoms with Crippen LogP contribution in [-0.4, -0.2) is 48.0 Å². The first-order valence-corrected chi connectivity index (χ1v) is 10.7. The first-order valence-electron chi connectivity index (χ1n) is 10.7. The molecule has 0 aliphatic carbocycles. The van der Waals surface area contributed by atoms with Crippen LogP contribution in [-0.2, 0) is 13.6 Å². The summed E-state index contributed by atoms with van der Waals surface area (Å²) >= 11 is 0. The molecule has 1 saturated heterocycles. The number of piperidine rings is 1. The lowest BCUT2D eigenvalue weighted by molar-refractivity contribution is -0.0498. The zero-order valence-electron chi connectivity index (χ0n) is 18.7. The average molecular weight is 435 g/mol. The number of nitrogens with one attached hydrogen (secondary N) is 2. The predicted molar refractivity (Wildman–Crippen MR) is 119 cm³/mol. The molecule has 0 saturated carbocycles. The van der Waals surface area contributed by atoms with Crippen LogP contribution in [0.3, 0.4) is 0 Å². The topological polar surface area (TPSA) is 66.7 Å². The molecule has 1 atom stereocenters. The van der Waals surface area contributed by atoms with Crippen molar-refractivity contribution in [2.24, 2.45) is 12.0 Å². The maximum absolute atomic E-state index is 12.4. The molecule has 0 radical (unpaired) electrons. The van der Waals surface area contributed by atoms with Gasteiger partial charge >= 0.3 is 6.61 Å². The Balaban J connectivity index is 1.64. The van der Waals surface area contributed by atoms with Crippen molar-refractivity contribution >= 4 is 11.6 Å². The van der Waals surface area contributed by atoms with Crippen LogP contribution in [0.1, 0.15) is 36.7 Å². The Hall–Kier alpha value is -2.84. The van der Waals surface area contributed by atoms with Gasteiger partial charge in [-0.1, -0.05) is 0 Å². The van der Waals surface area contributed by atoms with E-state index >= 15 is 0 Å². The molecular formula is C22H32F2N6O. The highest BCUT2D eigenvalue weighted by Gasteiger charge is 2.21. The summed E-state index contributed by atoms with van der Waals surface area (Å²) in [5, 5.41) is 11.4. The number of alkyl halides is 2. The molecule has 1 unspecified atom stereocenters. The number of anilines is 1. The van der Waals surface area contributed by atoms with Crippen molar-refractivity contribution in [1.82, 2.24) is 20.4 Å². The van der Waals surface area contributed by atoms with Gasteiger partial charge in [-0.2, -0.15) is 13.9 Å². The third kappa shape index (κ3) is 6.08. The number of aromatic nitrogens is 2. The summed E-state index contributed by atoms with van der Waals surface area (Å²) in [6.45, 7) is 6.39. The second-order valence-corrected chi connectivity index (χ2v) is 7.77. The van der Waals surface area contributed by atoms with Gasteiger partial charge in [0.15, 0.2) is 5.96 Å². The highest BCUT2D eigenvalue weighted by molar-refractivity contribution is 5.80. The van der Waals surface area contributed by atoms with Crippen molar-refractivity contribution in [3.8, 4) is 5.75 Å². The number of hydrogen-bond donors (Lipinski definition) is 2. The molecule has 170 valence electrons. The molecule has 9 heteroatoms. The molecule has 0 amide bonds. The summed E-state index contributed by atoms with van der Waals surface area (Å²) in [6, 6.07) is 7.06. The number of nitrogens with zero attached hydrogens (tertiary/aromatic N) is 4. The number of rotatable bonds is 7. The highest BCUT2D eigenvalue weighted by atomic mass is 19.3. The van der Waals surface area contributed by atoms with E-state index in [1.165, 1.54) is 0 Å². The lowest BCUT2D eigenvalue weighted by Gasteiger charge is -2.35. The van der Waals surface area contributed by atoms with E-state index in [1.54, 1.807) is 12.1 Å². The Morgan fingerprint density at radius 1 is 1.29 bits per heavy atom. The van der Waals surface area contributed by atoms with E-state index in [1.807, 2.05) is 37.7 Å². The fourth-order valence-corrected chi connectivity index (χ4v) is 3.89. The quantitative estimate of drug-likeness (QED) is 0.517. The molecule has 2 N–H and O–H groups in total. The molecule has 1 aliphatic rings. The van der Waals surface area contributed by atoms with Crippen molar-refractivity contribution in [2.75, 3.05) is 24.5 Å². The number of hydrogen-bond acceptors (Lipinski definition) is 4. The Morgan fingerprint density at radius 3 is 2.65 bits per heavy atom. The highest BCUT2D eigenvalue weighted by Crippen LogP contribution is 2.24. The SMILES string of the molecule is CCNC(=NCc1c(C)nn(C)c1C)NC1CCCN(c2ccc(OC(F)F)cc2)C1. The largest absolute Gasteiger partial charge is 0.435 e. The Morgan fingerprint density at radius 2 is 2.03 bits per heavy atom. The molecule has 7 nitrogen and oxygen atoms in total. The van der Waals surface area contributed by atoms with Crippen molar-refractivity contribution in [3.05, 3.63) is 41.2 Å². The number of aliphatic imine (C=N–C) groups is 1.